The molecule has 4 aromatic rings. The molecule has 0 saturated heterocycles. The van der Waals surface area contributed by atoms with Gasteiger partial charge in [-0.2, -0.15) is 10.1 Å². The van der Waals surface area contributed by atoms with E-state index in [2.05, 4.69) is 25.6 Å². The van der Waals surface area contributed by atoms with Crippen LogP contribution in [0.2, 0.25) is 0 Å². The standard InChI is InChI=1S/C20H17F3N6/c1-10-4-6-13(7-5-10)24-20-25-19(26-27-20)14-9-15(21)18(17(23)16(14)22)29-12(3)8-11(2)28-29/h4-9H,1-3H3,(H2,24,25,26,27). The van der Waals surface area contributed by atoms with Gasteiger partial charge in [-0.3, -0.25) is 5.10 Å². The smallest absolute Gasteiger partial charge is 0.246 e. The number of nitrogens with one attached hydrogen (secondary N) is 2. The van der Waals surface area contributed by atoms with Gasteiger partial charge in [-0.25, -0.2) is 17.9 Å². The molecule has 2 N–H and O–H groups in total. The van der Waals surface area contributed by atoms with Gasteiger partial charge in [-0.05, 0) is 45.0 Å². The molecule has 0 fully saturated rings. The summed E-state index contributed by atoms with van der Waals surface area (Å²) in [4.78, 5) is 4.09. The van der Waals surface area contributed by atoms with Gasteiger partial charge < -0.3 is 5.32 Å². The van der Waals surface area contributed by atoms with E-state index in [1.807, 2.05) is 31.2 Å². The highest BCUT2D eigenvalue weighted by Crippen LogP contribution is 2.30. The van der Waals surface area contributed by atoms with Crippen LogP contribution in [-0.4, -0.2) is 25.0 Å². The van der Waals surface area contributed by atoms with Crippen molar-refractivity contribution in [3.63, 3.8) is 0 Å². The fourth-order valence-electron chi connectivity index (χ4n) is 3.01. The van der Waals surface area contributed by atoms with Gasteiger partial charge in [0.2, 0.25) is 5.95 Å². The van der Waals surface area contributed by atoms with Crippen molar-refractivity contribution in [2.75, 3.05) is 5.32 Å². The van der Waals surface area contributed by atoms with Crippen molar-refractivity contribution >= 4 is 11.6 Å². The molecule has 0 amide bonds. The summed E-state index contributed by atoms with van der Waals surface area (Å²) in [5.41, 5.74) is 1.91. The third-order valence-corrected chi connectivity index (χ3v) is 4.40. The number of nitrogens with zero attached hydrogens (tertiary/aromatic N) is 4. The fraction of sp³-hybridized carbons (Fsp3) is 0.150. The van der Waals surface area contributed by atoms with Crippen LogP contribution in [0, 0.1) is 38.2 Å². The predicted octanol–water partition coefficient (Wildman–Crippen LogP) is 4.74. The molecule has 0 atom stereocenters. The number of aromatic amines is 1. The van der Waals surface area contributed by atoms with Crippen molar-refractivity contribution in [1.29, 1.82) is 0 Å². The summed E-state index contributed by atoms with van der Waals surface area (Å²) in [6.07, 6.45) is 0. The molecule has 4 rings (SSSR count). The molecule has 0 unspecified atom stereocenters. The average Bonchev–Trinajstić information content (AvgIpc) is 3.26. The highest BCUT2D eigenvalue weighted by Gasteiger charge is 2.24. The number of rotatable bonds is 4. The lowest BCUT2D eigenvalue weighted by Crippen LogP contribution is -2.08. The predicted molar refractivity (Wildman–Crippen MR) is 103 cm³/mol. The first-order valence-electron chi connectivity index (χ1n) is 8.81. The summed E-state index contributed by atoms with van der Waals surface area (Å²) in [5.74, 6) is -3.52. The van der Waals surface area contributed by atoms with Gasteiger partial charge in [-0.1, -0.05) is 17.7 Å². The number of aromatic nitrogens is 5. The third-order valence-electron chi connectivity index (χ3n) is 4.40. The van der Waals surface area contributed by atoms with E-state index in [0.717, 1.165) is 22.0 Å². The van der Waals surface area contributed by atoms with Crippen molar-refractivity contribution < 1.29 is 13.2 Å². The maximum atomic E-state index is 14.7. The Balaban J connectivity index is 1.70. The molecule has 2 aromatic heterocycles. The number of aryl methyl sites for hydroxylation is 3. The average molecular weight is 398 g/mol. The van der Waals surface area contributed by atoms with E-state index in [1.165, 1.54) is 0 Å². The SMILES string of the molecule is Cc1ccc(Nc2n[nH]c(-c3cc(F)c(-n4nc(C)cc4C)c(F)c3F)n2)cc1. The Morgan fingerprint density at radius 2 is 1.69 bits per heavy atom. The van der Waals surface area contributed by atoms with E-state index >= 15 is 0 Å². The highest BCUT2D eigenvalue weighted by atomic mass is 19.2. The van der Waals surface area contributed by atoms with E-state index in [1.54, 1.807) is 19.9 Å². The number of anilines is 2. The Bertz CT molecular complexity index is 1190. The monoisotopic (exact) mass is 398 g/mol. The molecular formula is C20H17F3N6. The quantitative estimate of drug-likeness (QED) is 0.487. The number of halogens is 3. The molecule has 0 aliphatic rings. The van der Waals surface area contributed by atoms with Gasteiger partial charge in [0.1, 0.15) is 5.69 Å². The van der Waals surface area contributed by atoms with E-state index in [0.29, 0.717) is 11.4 Å². The normalized spacial score (nSPS) is 11.1. The van der Waals surface area contributed by atoms with Crippen LogP contribution in [-0.2, 0) is 0 Å². The first-order chi connectivity index (χ1) is 13.8. The van der Waals surface area contributed by atoms with Crippen molar-refractivity contribution in [1.82, 2.24) is 25.0 Å². The molecule has 9 heteroatoms. The van der Waals surface area contributed by atoms with Crippen molar-refractivity contribution in [2.45, 2.75) is 20.8 Å². The van der Waals surface area contributed by atoms with Gasteiger partial charge in [0.25, 0.3) is 0 Å². The minimum absolute atomic E-state index is 0.102. The Kier molecular flexibility index (Phi) is 4.57. The molecule has 0 aliphatic carbocycles. The van der Waals surface area contributed by atoms with Crippen LogP contribution in [0.5, 0.6) is 0 Å². The molecule has 2 heterocycles. The van der Waals surface area contributed by atoms with Crippen molar-refractivity contribution in [3.05, 3.63) is 70.8 Å². The van der Waals surface area contributed by atoms with E-state index in [4.69, 9.17) is 0 Å². The van der Waals surface area contributed by atoms with Crippen LogP contribution >= 0.6 is 0 Å². The summed E-state index contributed by atoms with van der Waals surface area (Å²) in [6.45, 7) is 5.27. The van der Waals surface area contributed by atoms with Gasteiger partial charge in [0.15, 0.2) is 23.3 Å². The van der Waals surface area contributed by atoms with Gasteiger partial charge in [0, 0.05) is 11.4 Å². The molecule has 0 radical (unpaired) electrons. The molecule has 0 aliphatic heterocycles. The first kappa shape index (κ1) is 18.7. The lowest BCUT2D eigenvalue weighted by atomic mass is 10.1. The topological polar surface area (TPSA) is 71.4 Å². The molecule has 2 aromatic carbocycles. The maximum Gasteiger partial charge on any atom is 0.246 e. The summed E-state index contributed by atoms with van der Waals surface area (Å²) in [6, 6.07) is 9.98. The molecular weight excluding hydrogens is 381 g/mol. The summed E-state index contributed by atoms with van der Waals surface area (Å²) >= 11 is 0. The number of benzene rings is 2. The molecule has 0 saturated carbocycles. The van der Waals surface area contributed by atoms with E-state index in [-0.39, 0.29) is 17.3 Å². The molecule has 6 nitrogen and oxygen atoms in total. The van der Waals surface area contributed by atoms with Gasteiger partial charge in [-0.15, -0.1) is 5.10 Å². The van der Waals surface area contributed by atoms with Crippen LogP contribution in [0.4, 0.5) is 24.8 Å². The minimum atomic E-state index is -1.35. The molecule has 29 heavy (non-hydrogen) atoms. The van der Waals surface area contributed by atoms with E-state index in [9.17, 15) is 13.2 Å². The number of hydrogen-bond acceptors (Lipinski definition) is 4. The second kappa shape index (κ2) is 7.08. The third kappa shape index (κ3) is 3.46. The highest BCUT2D eigenvalue weighted by molar-refractivity contribution is 5.62. The van der Waals surface area contributed by atoms with Crippen molar-refractivity contribution in [3.8, 4) is 17.1 Å². The lowest BCUT2D eigenvalue weighted by molar-refractivity contribution is 0.485. The number of hydrogen-bond donors (Lipinski definition) is 2. The largest absolute Gasteiger partial charge is 0.323 e. The number of H-pyrrole nitrogens is 1. The van der Waals surface area contributed by atoms with Gasteiger partial charge in [0.05, 0.1) is 11.3 Å². The Hall–Kier alpha value is -3.62. The first-order valence-corrected chi connectivity index (χ1v) is 8.81. The zero-order valence-electron chi connectivity index (χ0n) is 15.9. The Morgan fingerprint density at radius 3 is 2.34 bits per heavy atom. The van der Waals surface area contributed by atoms with Crippen LogP contribution in [0.25, 0.3) is 17.1 Å². The zero-order chi connectivity index (χ0) is 20.7. The van der Waals surface area contributed by atoms with Crippen LogP contribution < -0.4 is 5.32 Å². The Morgan fingerprint density at radius 1 is 0.966 bits per heavy atom. The molecule has 148 valence electrons. The fourth-order valence-corrected chi connectivity index (χ4v) is 3.01. The van der Waals surface area contributed by atoms with Crippen LogP contribution in [0.1, 0.15) is 17.0 Å². The summed E-state index contributed by atoms with van der Waals surface area (Å²) in [5, 5.41) is 13.4. The zero-order valence-corrected chi connectivity index (χ0v) is 15.9. The molecule has 0 spiro atoms. The maximum absolute atomic E-state index is 14.7. The van der Waals surface area contributed by atoms with Crippen LogP contribution in [0.15, 0.2) is 36.4 Å². The van der Waals surface area contributed by atoms with Crippen LogP contribution in [0.3, 0.4) is 0 Å². The summed E-state index contributed by atoms with van der Waals surface area (Å²) in [7, 11) is 0. The summed E-state index contributed by atoms with van der Waals surface area (Å²) < 4.78 is 45.2. The second-order valence-corrected chi connectivity index (χ2v) is 6.72. The van der Waals surface area contributed by atoms with Gasteiger partial charge >= 0.3 is 0 Å². The Labute approximate surface area is 164 Å². The minimum Gasteiger partial charge on any atom is -0.323 e. The van der Waals surface area contributed by atoms with E-state index < -0.39 is 23.1 Å². The molecule has 0 bridgehead atoms. The van der Waals surface area contributed by atoms with Crippen molar-refractivity contribution in [2.24, 2.45) is 0 Å². The lowest BCUT2D eigenvalue weighted by Gasteiger charge is -2.10. The second-order valence-electron chi connectivity index (χ2n) is 6.72.